The molecule has 2 N–H and O–H groups in total. The minimum Gasteiger partial charge on any atom is -0.378 e. The van der Waals surface area contributed by atoms with E-state index < -0.39 is 0 Å². The van der Waals surface area contributed by atoms with E-state index in [2.05, 4.69) is 55.3 Å². The fourth-order valence-corrected chi connectivity index (χ4v) is 2.89. The zero-order valence-electron chi connectivity index (χ0n) is 11.2. The Morgan fingerprint density at radius 2 is 2.06 bits per heavy atom. The highest BCUT2D eigenvalue weighted by atomic mass is 16.5. The summed E-state index contributed by atoms with van der Waals surface area (Å²) in [6.45, 7) is 8.02. The van der Waals surface area contributed by atoms with E-state index in [1.54, 1.807) is 0 Å². The summed E-state index contributed by atoms with van der Waals surface area (Å²) >= 11 is 0. The van der Waals surface area contributed by atoms with Gasteiger partial charge in [0.2, 0.25) is 0 Å². The molecule has 96 valence electrons. The average molecular weight is 244 g/mol. The number of nitrogens with one attached hydrogen (secondary N) is 2. The quantitative estimate of drug-likeness (QED) is 0.809. The number of hydrogen-bond donors (Lipinski definition) is 2. The molecule has 0 aliphatic carbocycles. The first-order valence-electron chi connectivity index (χ1n) is 6.49. The first-order valence-corrected chi connectivity index (χ1v) is 6.49. The summed E-state index contributed by atoms with van der Waals surface area (Å²) in [6.07, 6.45) is 0. The SMILES string of the molecule is Cc1[nH]c2ccccc2c1C1COCC(C)(C)N1. The minimum atomic E-state index is 0.0354. The molecule has 1 unspecified atom stereocenters. The van der Waals surface area contributed by atoms with Crippen LogP contribution < -0.4 is 5.32 Å². The molecule has 1 aliphatic heterocycles. The second kappa shape index (κ2) is 4.11. The van der Waals surface area contributed by atoms with Crippen LogP contribution in [0.5, 0.6) is 0 Å². The molecule has 0 radical (unpaired) electrons. The number of aromatic amines is 1. The summed E-state index contributed by atoms with van der Waals surface area (Å²) in [4.78, 5) is 3.46. The molecule has 1 aromatic carbocycles. The number of benzene rings is 1. The van der Waals surface area contributed by atoms with E-state index in [0.29, 0.717) is 0 Å². The van der Waals surface area contributed by atoms with Crippen LogP contribution in [0.4, 0.5) is 0 Å². The molecule has 1 fully saturated rings. The highest BCUT2D eigenvalue weighted by molar-refractivity contribution is 5.85. The lowest BCUT2D eigenvalue weighted by Gasteiger charge is -2.37. The van der Waals surface area contributed by atoms with Crippen molar-refractivity contribution in [3.63, 3.8) is 0 Å². The van der Waals surface area contributed by atoms with Gasteiger partial charge in [0.25, 0.3) is 0 Å². The number of para-hydroxylation sites is 1. The van der Waals surface area contributed by atoms with Gasteiger partial charge >= 0.3 is 0 Å². The van der Waals surface area contributed by atoms with Crippen molar-refractivity contribution in [3.8, 4) is 0 Å². The number of aryl methyl sites for hydroxylation is 1. The van der Waals surface area contributed by atoms with Crippen molar-refractivity contribution in [2.75, 3.05) is 13.2 Å². The summed E-state index contributed by atoms with van der Waals surface area (Å²) < 4.78 is 5.75. The molecule has 1 atom stereocenters. The Balaban J connectivity index is 2.06. The maximum atomic E-state index is 5.75. The molecule has 1 aliphatic rings. The van der Waals surface area contributed by atoms with E-state index in [4.69, 9.17) is 4.74 Å². The molecule has 2 heterocycles. The van der Waals surface area contributed by atoms with Gasteiger partial charge in [-0.1, -0.05) is 18.2 Å². The van der Waals surface area contributed by atoms with Crippen molar-refractivity contribution in [3.05, 3.63) is 35.5 Å². The lowest BCUT2D eigenvalue weighted by molar-refractivity contribution is 0.0129. The molecule has 2 aromatic rings. The lowest BCUT2D eigenvalue weighted by Crippen LogP contribution is -2.51. The number of aromatic nitrogens is 1. The zero-order chi connectivity index (χ0) is 12.8. The van der Waals surface area contributed by atoms with Gasteiger partial charge < -0.3 is 15.0 Å². The molecule has 3 nitrogen and oxygen atoms in total. The Labute approximate surface area is 108 Å². The van der Waals surface area contributed by atoms with Crippen LogP contribution in [0.25, 0.3) is 10.9 Å². The third-order valence-corrected chi connectivity index (χ3v) is 3.60. The van der Waals surface area contributed by atoms with E-state index in [1.165, 1.54) is 22.2 Å². The molecule has 18 heavy (non-hydrogen) atoms. The Morgan fingerprint density at radius 3 is 2.83 bits per heavy atom. The van der Waals surface area contributed by atoms with Crippen molar-refractivity contribution in [1.82, 2.24) is 10.3 Å². The molecule has 0 spiro atoms. The van der Waals surface area contributed by atoms with E-state index in [0.717, 1.165) is 13.2 Å². The number of hydrogen-bond acceptors (Lipinski definition) is 2. The van der Waals surface area contributed by atoms with E-state index in [9.17, 15) is 0 Å². The van der Waals surface area contributed by atoms with Crippen LogP contribution in [0.15, 0.2) is 24.3 Å². The minimum absolute atomic E-state index is 0.0354. The highest BCUT2D eigenvalue weighted by Crippen LogP contribution is 2.31. The van der Waals surface area contributed by atoms with Gasteiger partial charge in [0, 0.05) is 22.1 Å². The number of fused-ring (bicyclic) bond motifs is 1. The third kappa shape index (κ3) is 1.93. The molecule has 0 bridgehead atoms. The van der Waals surface area contributed by atoms with Crippen molar-refractivity contribution >= 4 is 10.9 Å². The molecular formula is C15H20N2O. The predicted octanol–water partition coefficient (Wildman–Crippen LogP) is 2.92. The summed E-state index contributed by atoms with van der Waals surface area (Å²) in [5.41, 5.74) is 3.82. The zero-order valence-corrected chi connectivity index (χ0v) is 11.2. The standard InChI is InChI=1S/C15H20N2O/c1-10-14(11-6-4-5-7-12(11)16-10)13-8-18-9-15(2,3)17-13/h4-7,13,16-17H,8-9H2,1-3H3. The Bertz CT molecular complexity index is 571. The Morgan fingerprint density at radius 1 is 1.28 bits per heavy atom. The monoisotopic (exact) mass is 244 g/mol. The van der Waals surface area contributed by atoms with Gasteiger partial charge in [-0.25, -0.2) is 0 Å². The Kier molecular flexibility index (Phi) is 2.68. The van der Waals surface area contributed by atoms with Gasteiger partial charge in [-0.3, -0.25) is 0 Å². The van der Waals surface area contributed by atoms with Gasteiger partial charge in [-0.05, 0) is 32.4 Å². The lowest BCUT2D eigenvalue weighted by atomic mass is 9.97. The van der Waals surface area contributed by atoms with E-state index in [1.807, 2.05) is 0 Å². The Hall–Kier alpha value is -1.32. The van der Waals surface area contributed by atoms with Crippen LogP contribution in [-0.4, -0.2) is 23.7 Å². The fourth-order valence-electron chi connectivity index (χ4n) is 2.89. The molecular weight excluding hydrogens is 224 g/mol. The van der Waals surface area contributed by atoms with Crippen LogP contribution >= 0.6 is 0 Å². The molecule has 1 aromatic heterocycles. The summed E-state index contributed by atoms with van der Waals surface area (Å²) in [6, 6.07) is 8.73. The molecule has 3 rings (SSSR count). The molecule has 0 amide bonds. The third-order valence-electron chi connectivity index (χ3n) is 3.60. The van der Waals surface area contributed by atoms with Gasteiger partial charge in [0.1, 0.15) is 0 Å². The molecule has 0 saturated carbocycles. The van der Waals surface area contributed by atoms with Crippen LogP contribution in [0.2, 0.25) is 0 Å². The smallest absolute Gasteiger partial charge is 0.0663 e. The average Bonchev–Trinajstić information content (AvgIpc) is 2.63. The highest BCUT2D eigenvalue weighted by Gasteiger charge is 2.30. The van der Waals surface area contributed by atoms with Crippen molar-refractivity contribution in [2.45, 2.75) is 32.4 Å². The fraction of sp³-hybridized carbons (Fsp3) is 0.467. The van der Waals surface area contributed by atoms with Gasteiger partial charge in [0.15, 0.2) is 0 Å². The summed E-state index contributed by atoms with van der Waals surface area (Å²) in [5.74, 6) is 0. The van der Waals surface area contributed by atoms with Gasteiger partial charge in [-0.2, -0.15) is 0 Å². The van der Waals surface area contributed by atoms with Crippen molar-refractivity contribution in [1.29, 1.82) is 0 Å². The first kappa shape index (κ1) is 11.8. The summed E-state index contributed by atoms with van der Waals surface area (Å²) in [7, 11) is 0. The van der Waals surface area contributed by atoms with Gasteiger partial charge in [-0.15, -0.1) is 0 Å². The molecule has 3 heteroatoms. The van der Waals surface area contributed by atoms with Crippen LogP contribution in [-0.2, 0) is 4.74 Å². The van der Waals surface area contributed by atoms with Crippen LogP contribution in [0.3, 0.4) is 0 Å². The first-order chi connectivity index (χ1) is 8.57. The maximum Gasteiger partial charge on any atom is 0.0663 e. The van der Waals surface area contributed by atoms with E-state index >= 15 is 0 Å². The number of rotatable bonds is 1. The number of ether oxygens (including phenoxy) is 1. The van der Waals surface area contributed by atoms with Crippen LogP contribution in [0.1, 0.15) is 31.1 Å². The summed E-state index contributed by atoms with van der Waals surface area (Å²) in [5, 5.41) is 4.98. The predicted molar refractivity (Wildman–Crippen MR) is 73.8 cm³/mol. The topological polar surface area (TPSA) is 37.0 Å². The van der Waals surface area contributed by atoms with Crippen molar-refractivity contribution in [2.24, 2.45) is 0 Å². The van der Waals surface area contributed by atoms with E-state index in [-0.39, 0.29) is 11.6 Å². The number of H-pyrrole nitrogens is 1. The van der Waals surface area contributed by atoms with Crippen molar-refractivity contribution < 1.29 is 4.74 Å². The molecule has 1 saturated heterocycles. The second-order valence-electron chi connectivity index (χ2n) is 5.81. The second-order valence-corrected chi connectivity index (χ2v) is 5.81. The number of morpholine rings is 1. The normalized spacial score (nSPS) is 23.4. The van der Waals surface area contributed by atoms with Crippen LogP contribution in [0, 0.1) is 6.92 Å². The maximum absolute atomic E-state index is 5.75. The van der Waals surface area contributed by atoms with Gasteiger partial charge in [0.05, 0.1) is 19.3 Å². The largest absolute Gasteiger partial charge is 0.378 e.